The number of furan rings is 1. The van der Waals surface area contributed by atoms with E-state index in [2.05, 4.69) is 25.1 Å². The van der Waals surface area contributed by atoms with E-state index in [4.69, 9.17) is 4.42 Å². The largest absolute Gasteiger partial charge is 0.459 e. The quantitative estimate of drug-likeness (QED) is 0.447. The van der Waals surface area contributed by atoms with Crippen molar-refractivity contribution >= 4 is 28.6 Å². The molecule has 3 heterocycles. The van der Waals surface area contributed by atoms with Crippen molar-refractivity contribution in [1.29, 1.82) is 0 Å². The summed E-state index contributed by atoms with van der Waals surface area (Å²) in [4.78, 5) is 16.7. The molecule has 1 N–H and O–H groups in total. The minimum atomic E-state index is -0.210. The first-order chi connectivity index (χ1) is 14.7. The molecule has 8 heteroatoms. The number of benzene rings is 1. The third kappa shape index (κ3) is 3.82. The second kappa shape index (κ2) is 7.95. The first-order valence-electron chi connectivity index (χ1n) is 9.95. The molecular formula is C22H21N5O2S. The Morgan fingerprint density at radius 1 is 1.27 bits per heavy atom. The number of fused-ring (bicyclic) bond motifs is 1. The fraction of sp³-hybridized carbons (Fsp3) is 0.273. The van der Waals surface area contributed by atoms with Crippen LogP contribution in [0.1, 0.15) is 37.6 Å². The Morgan fingerprint density at radius 3 is 2.90 bits per heavy atom. The van der Waals surface area contributed by atoms with E-state index in [9.17, 15) is 4.79 Å². The maximum absolute atomic E-state index is 12.5. The van der Waals surface area contributed by atoms with Crippen LogP contribution in [0.3, 0.4) is 0 Å². The number of aromatic nitrogens is 4. The normalized spacial score (nSPS) is 14.7. The zero-order valence-electron chi connectivity index (χ0n) is 16.5. The molecule has 3 aromatic heterocycles. The SMILES string of the molecule is C[C@@H](NC(=O)CSc1nnc(-c2cccnc2)n1C1CC1)c1cc2ccccc2o1. The van der Waals surface area contributed by atoms with Gasteiger partial charge in [0.1, 0.15) is 11.3 Å². The minimum absolute atomic E-state index is 0.0683. The monoisotopic (exact) mass is 419 g/mol. The minimum Gasteiger partial charge on any atom is -0.459 e. The van der Waals surface area contributed by atoms with E-state index in [0.29, 0.717) is 6.04 Å². The van der Waals surface area contributed by atoms with Crippen molar-refractivity contribution in [3.8, 4) is 11.4 Å². The number of carbonyl (C=O) groups excluding carboxylic acids is 1. The number of hydrogen-bond acceptors (Lipinski definition) is 6. The number of nitrogens with one attached hydrogen (secondary N) is 1. The molecule has 5 rings (SSSR count). The number of amides is 1. The second-order valence-electron chi connectivity index (χ2n) is 7.41. The number of hydrogen-bond donors (Lipinski definition) is 1. The summed E-state index contributed by atoms with van der Waals surface area (Å²) >= 11 is 1.41. The van der Waals surface area contributed by atoms with Gasteiger partial charge in [0, 0.05) is 29.4 Å². The smallest absolute Gasteiger partial charge is 0.231 e. The highest BCUT2D eigenvalue weighted by molar-refractivity contribution is 7.99. The molecule has 7 nitrogen and oxygen atoms in total. The van der Waals surface area contributed by atoms with Crippen LogP contribution in [0.4, 0.5) is 0 Å². The van der Waals surface area contributed by atoms with Crippen LogP contribution in [0.5, 0.6) is 0 Å². The van der Waals surface area contributed by atoms with E-state index < -0.39 is 0 Å². The molecular weight excluding hydrogens is 398 g/mol. The van der Waals surface area contributed by atoms with Gasteiger partial charge in [0.05, 0.1) is 11.8 Å². The van der Waals surface area contributed by atoms with Gasteiger partial charge in [0.25, 0.3) is 0 Å². The molecule has 0 saturated heterocycles. The van der Waals surface area contributed by atoms with Gasteiger partial charge in [-0.3, -0.25) is 14.3 Å². The van der Waals surface area contributed by atoms with Crippen LogP contribution in [0.2, 0.25) is 0 Å². The summed E-state index contributed by atoms with van der Waals surface area (Å²) in [5, 5.41) is 13.5. The molecule has 30 heavy (non-hydrogen) atoms. The molecule has 4 aromatic rings. The lowest BCUT2D eigenvalue weighted by Crippen LogP contribution is -2.28. The van der Waals surface area contributed by atoms with E-state index in [1.165, 1.54) is 11.8 Å². The van der Waals surface area contributed by atoms with Crippen LogP contribution in [-0.2, 0) is 4.79 Å². The van der Waals surface area contributed by atoms with Crippen molar-refractivity contribution in [3.63, 3.8) is 0 Å². The summed E-state index contributed by atoms with van der Waals surface area (Å²) in [5.74, 6) is 1.75. The van der Waals surface area contributed by atoms with Gasteiger partial charge in [-0.05, 0) is 44.0 Å². The van der Waals surface area contributed by atoms with Crippen molar-refractivity contribution in [1.82, 2.24) is 25.1 Å². The van der Waals surface area contributed by atoms with Crippen LogP contribution in [0, 0.1) is 0 Å². The highest BCUT2D eigenvalue weighted by Crippen LogP contribution is 2.40. The molecule has 0 spiro atoms. The average Bonchev–Trinajstić information content (AvgIpc) is 3.36. The van der Waals surface area contributed by atoms with Crippen LogP contribution in [0.25, 0.3) is 22.4 Å². The van der Waals surface area contributed by atoms with Crippen LogP contribution in [-0.4, -0.2) is 31.4 Å². The Balaban J connectivity index is 1.26. The zero-order chi connectivity index (χ0) is 20.5. The number of thioether (sulfide) groups is 1. The number of rotatable bonds is 7. The van der Waals surface area contributed by atoms with E-state index >= 15 is 0 Å². The lowest BCUT2D eigenvalue weighted by molar-refractivity contribution is -0.119. The first kappa shape index (κ1) is 18.9. The summed E-state index contributed by atoms with van der Waals surface area (Å²) in [6.45, 7) is 1.92. The fourth-order valence-electron chi connectivity index (χ4n) is 3.43. The maximum atomic E-state index is 12.5. The molecule has 0 aliphatic heterocycles. The Labute approximate surface area is 177 Å². The van der Waals surface area contributed by atoms with E-state index in [1.807, 2.05) is 49.4 Å². The predicted octanol–water partition coefficient (Wildman–Crippen LogP) is 4.39. The molecule has 1 aliphatic rings. The van der Waals surface area contributed by atoms with Gasteiger partial charge in [0.15, 0.2) is 11.0 Å². The van der Waals surface area contributed by atoms with Crippen molar-refractivity contribution in [2.24, 2.45) is 0 Å². The van der Waals surface area contributed by atoms with Gasteiger partial charge in [-0.25, -0.2) is 0 Å². The summed E-state index contributed by atoms with van der Waals surface area (Å²) in [5.41, 5.74) is 1.76. The molecule has 0 radical (unpaired) electrons. The van der Waals surface area contributed by atoms with Crippen molar-refractivity contribution < 1.29 is 9.21 Å². The average molecular weight is 420 g/mol. The van der Waals surface area contributed by atoms with Crippen molar-refractivity contribution in [2.75, 3.05) is 5.75 Å². The maximum Gasteiger partial charge on any atom is 0.231 e. The number of carbonyl (C=O) groups is 1. The third-order valence-electron chi connectivity index (χ3n) is 5.08. The lowest BCUT2D eigenvalue weighted by Gasteiger charge is -2.12. The highest BCUT2D eigenvalue weighted by Gasteiger charge is 2.30. The molecule has 0 unspecified atom stereocenters. The lowest BCUT2D eigenvalue weighted by atomic mass is 10.2. The second-order valence-corrected chi connectivity index (χ2v) is 8.36. The van der Waals surface area contributed by atoms with Crippen molar-refractivity contribution in [3.05, 3.63) is 60.6 Å². The molecule has 1 fully saturated rings. The van der Waals surface area contributed by atoms with Gasteiger partial charge in [-0.1, -0.05) is 30.0 Å². The van der Waals surface area contributed by atoms with Gasteiger partial charge >= 0.3 is 0 Å². The van der Waals surface area contributed by atoms with Crippen molar-refractivity contribution in [2.45, 2.75) is 37.0 Å². The Hall–Kier alpha value is -3.13. The Bertz CT molecular complexity index is 1150. The molecule has 1 saturated carbocycles. The van der Waals surface area contributed by atoms with Gasteiger partial charge < -0.3 is 9.73 Å². The third-order valence-corrected chi connectivity index (χ3v) is 6.02. The summed E-state index contributed by atoms with van der Waals surface area (Å²) < 4.78 is 7.99. The number of nitrogens with zero attached hydrogens (tertiary/aromatic N) is 4. The van der Waals surface area contributed by atoms with E-state index in [0.717, 1.165) is 46.1 Å². The molecule has 152 valence electrons. The standard InChI is InChI=1S/C22H21N5O2S/c1-14(19-11-15-5-2-3-7-18(15)29-19)24-20(28)13-30-22-26-25-21(27(22)17-8-9-17)16-6-4-10-23-12-16/h2-7,10-12,14,17H,8-9,13H2,1H3,(H,24,28)/t14-/m1/s1. The predicted molar refractivity (Wildman–Crippen MR) is 115 cm³/mol. The summed E-state index contributed by atoms with van der Waals surface area (Å²) in [7, 11) is 0. The van der Waals surface area contributed by atoms with Gasteiger partial charge in [-0.2, -0.15) is 0 Å². The Kier molecular flexibility index (Phi) is 5.00. The molecule has 1 aliphatic carbocycles. The van der Waals surface area contributed by atoms with E-state index in [-0.39, 0.29) is 17.7 Å². The van der Waals surface area contributed by atoms with Crippen LogP contribution >= 0.6 is 11.8 Å². The van der Waals surface area contributed by atoms with Crippen LogP contribution in [0.15, 0.2) is 64.4 Å². The Morgan fingerprint density at radius 2 is 2.13 bits per heavy atom. The molecule has 1 aromatic carbocycles. The van der Waals surface area contributed by atoms with E-state index in [1.54, 1.807) is 12.4 Å². The van der Waals surface area contributed by atoms with Gasteiger partial charge in [0.2, 0.25) is 5.91 Å². The number of pyridine rings is 1. The number of para-hydroxylation sites is 1. The summed E-state index contributed by atoms with van der Waals surface area (Å²) in [6.07, 6.45) is 5.74. The zero-order valence-corrected chi connectivity index (χ0v) is 17.3. The molecule has 1 atom stereocenters. The van der Waals surface area contributed by atoms with Gasteiger partial charge in [-0.15, -0.1) is 10.2 Å². The first-order valence-corrected chi connectivity index (χ1v) is 10.9. The topological polar surface area (TPSA) is 85.8 Å². The fourth-order valence-corrected chi connectivity index (χ4v) is 4.25. The summed E-state index contributed by atoms with van der Waals surface area (Å²) in [6, 6.07) is 13.9. The molecule has 1 amide bonds. The molecule has 0 bridgehead atoms. The van der Waals surface area contributed by atoms with Crippen LogP contribution < -0.4 is 5.32 Å². The highest BCUT2D eigenvalue weighted by atomic mass is 32.2.